The number of aromatic nitrogens is 2. The smallest absolute Gasteiger partial charge is 0.404 e. The molecule has 2 rings (SSSR count). The highest BCUT2D eigenvalue weighted by Crippen LogP contribution is 2.25. The lowest BCUT2D eigenvalue weighted by Crippen LogP contribution is -2.17. The van der Waals surface area contributed by atoms with Gasteiger partial charge in [-0.2, -0.15) is 0 Å². The SMILES string of the molecule is Cc1ccc2c(c1)nc(C(C)Cl)n2CCOC(N)=O. The monoisotopic (exact) mass is 281 g/mol. The highest BCUT2D eigenvalue weighted by atomic mass is 35.5. The summed E-state index contributed by atoms with van der Waals surface area (Å²) in [7, 11) is 0. The molecule has 0 bridgehead atoms. The molecule has 19 heavy (non-hydrogen) atoms. The molecule has 1 aromatic carbocycles. The predicted molar refractivity (Wildman–Crippen MR) is 74.3 cm³/mol. The molecule has 1 amide bonds. The van der Waals surface area contributed by atoms with Gasteiger partial charge in [0.1, 0.15) is 12.4 Å². The van der Waals surface area contributed by atoms with Crippen LogP contribution in [0.3, 0.4) is 0 Å². The van der Waals surface area contributed by atoms with Crippen LogP contribution < -0.4 is 5.73 Å². The van der Waals surface area contributed by atoms with Gasteiger partial charge in [-0.15, -0.1) is 11.6 Å². The van der Waals surface area contributed by atoms with Gasteiger partial charge in [0, 0.05) is 0 Å². The Morgan fingerprint density at radius 3 is 2.95 bits per heavy atom. The highest BCUT2D eigenvalue weighted by Gasteiger charge is 2.15. The van der Waals surface area contributed by atoms with E-state index in [4.69, 9.17) is 22.1 Å². The predicted octanol–water partition coefficient (Wildman–Crippen LogP) is 2.74. The van der Waals surface area contributed by atoms with Crippen LogP contribution in [-0.2, 0) is 11.3 Å². The average molecular weight is 282 g/mol. The van der Waals surface area contributed by atoms with Crippen molar-refractivity contribution in [2.75, 3.05) is 6.61 Å². The van der Waals surface area contributed by atoms with E-state index in [1.807, 2.05) is 36.6 Å². The number of nitrogens with zero attached hydrogens (tertiary/aromatic N) is 2. The molecule has 2 N–H and O–H groups in total. The van der Waals surface area contributed by atoms with Gasteiger partial charge in [0.2, 0.25) is 0 Å². The summed E-state index contributed by atoms with van der Waals surface area (Å²) in [6.45, 7) is 4.56. The fourth-order valence-electron chi connectivity index (χ4n) is 2.03. The number of halogens is 1. The number of amides is 1. The van der Waals surface area contributed by atoms with E-state index < -0.39 is 6.09 Å². The number of primary amides is 1. The summed E-state index contributed by atoms with van der Waals surface area (Å²) < 4.78 is 6.72. The second-order valence-corrected chi connectivity index (χ2v) is 5.05. The van der Waals surface area contributed by atoms with Crippen LogP contribution in [0, 0.1) is 6.92 Å². The first-order valence-electron chi connectivity index (χ1n) is 6.02. The number of nitrogens with two attached hydrogens (primary N) is 1. The van der Waals surface area contributed by atoms with E-state index in [-0.39, 0.29) is 12.0 Å². The number of alkyl halides is 1. The lowest BCUT2D eigenvalue weighted by atomic mass is 10.2. The number of fused-ring (bicyclic) bond motifs is 1. The minimum Gasteiger partial charge on any atom is -0.448 e. The van der Waals surface area contributed by atoms with E-state index >= 15 is 0 Å². The molecule has 2 aromatic rings. The largest absolute Gasteiger partial charge is 0.448 e. The molecule has 1 heterocycles. The van der Waals surface area contributed by atoms with E-state index in [1.54, 1.807) is 0 Å². The third kappa shape index (κ3) is 2.98. The van der Waals surface area contributed by atoms with E-state index in [1.165, 1.54) is 0 Å². The molecule has 1 unspecified atom stereocenters. The summed E-state index contributed by atoms with van der Waals surface area (Å²) >= 11 is 6.15. The van der Waals surface area contributed by atoms with Crippen molar-refractivity contribution < 1.29 is 9.53 Å². The van der Waals surface area contributed by atoms with E-state index in [2.05, 4.69) is 4.98 Å². The summed E-state index contributed by atoms with van der Waals surface area (Å²) in [5.41, 5.74) is 7.95. The van der Waals surface area contributed by atoms with Gasteiger partial charge in [0.25, 0.3) is 0 Å². The molecule has 6 heteroatoms. The first kappa shape index (κ1) is 13.7. The Bertz CT molecular complexity index is 607. The minimum atomic E-state index is -0.777. The Morgan fingerprint density at radius 2 is 2.32 bits per heavy atom. The summed E-state index contributed by atoms with van der Waals surface area (Å²) in [6.07, 6.45) is -0.777. The number of hydrogen-bond donors (Lipinski definition) is 1. The van der Waals surface area contributed by atoms with Crippen LogP contribution in [0.1, 0.15) is 23.7 Å². The molecule has 0 aliphatic rings. The van der Waals surface area contributed by atoms with Crippen LogP contribution in [0.15, 0.2) is 18.2 Å². The second kappa shape index (κ2) is 5.48. The fraction of sp³-hybridized carbons (Fsp3) is 0.385. The first-order valence-corrected chi connectivity index (χ1v) is 6.45. The Hall–Kier alpha value is -1.75. The molecular formula is C13H16ClN3O2. The molecule has 0 radical (unpaired) electrons. The van der Waals surface area contributed by atoms with Gasteiger partial charge < -0.3 is 15.0 Å². The van der Waals surface area contributed by atoms with Crippen molar-refractivity contribution in [1.29, 1.82) is 0 Å². The molecular weight excluding hydrogens is 266 g/mol. The minimum absolute atomic E-state index is 0.200. The molecule has 0 saturated heterocycles. The molecule has 0 saturated carbocycles. The van der Waals surface area contributed by atoms with Crippen LogP contribution in [0.5, 0.6) is 0 Å². The Balaban J connectivity index is 2.37. The summed E-state index contributed by atoms with van der Waals surface area (Å²) in [5.74, 6) is 0.760. The number of aryl methyl sites for hydroxylation is 1. The zero-order valence-corrected chi connectivity index (χ0v) is 11.6. The van der Waals surface area contributed by atoms with Crippen molar-refractivity contribution in [3.05, 3.63) is 29.6 Å². The molecule has 102 valence electrons. The van der Waals surface area contributed by atoms with Crippen LogP contribution in [0.25, 0.3) is 11.0 Å². The molecule has 5 nitrogen and oxygen atoms in total. The highest BCUT2D eigenvalue weighted by molar-refractivity contribution is 6.20. The summed E-state index contributed by atoms with van der Waals surface area (Å²) in [4.78, 5) is 15.1. The molecule has 0 aliphatic carbocycles. The van der Waals surface area contributed by atoms with Gasteiger partial charge in [-0.1, -0.05) is 6.07 Å². The van der Waals surface area contributed by atoms with Gasteiger partial charge >= 0.3 is 6.09 Å². The van der Waals surface area contributed by atoms with E-state index in [0.29, 0.717) is 6.54 Å². The third-order valence-corrected chi connectivity index (χ3v) is 3.04. The number of ether oxygens (including phenoxy) is 1. The number of carbonyl (C=O) groups is 1. The van der Waals surface area contributed by atoms with Crippen molar-refractivity contribution in [2.45, 2.75) is 25.8 Å². The van der Waals surface area contributed by atoms with E-state index in [0.717, 1.165) is 22.4 Å². The maximum absolute atomic E-state index is 10.6. The lowest BCUT2D eigenvalue weighted by molar-refractivity contribution is 0.152. The molecule has 0 fully saturated rings. The first-order chi connectivity index (χ1) is 8.99. The Morgan fingerprint density at radius 1 is 1.58 bits per heavy atom. The van der Waals surface area contributed by atoms with Gasteiger partial charge in [0.15, 0.2) is 0 Å². The zero-order valence-electron chi connectivity index (χ0n) is 10.9. The van der Waals surface area contributed by atoms with Crippen LogP contribution in [0.2, 0.25) is 0 Å². The number of imidazole rings is 1. The van der Waals surface area contributed by atoms with Gasteiger partial charge in [-0.3, -0.25) is 0 Å². The zero-order chi connectivity index (χ0) is 14.0. The fourth-order valence-corrected chi connectivity index (χ4v) is 2.20. The van der Waals surface area contributed by atoms with Crippen LogP contribution in [-0.4, -0.2) is 22.3 Å². The summed E-state index contributed by atoms with van der Waals surface area (Å²) in [6, 6.07) is 6.01. The third-order valence-electron chi connectivity index (χ3n) is 2.85. The standard InChI is InChI=1S/C13H16ClN3O2/c1-8-3-4-11-10(7-8)16-12(9(2)14)17(11)5-6-19-13(15)18/h3-4,7,9H,5-6H2,1-2H3,(H2,15,18). The molecule has 1 aromatic heterocycles. The Labute approximate surface area is 116 Å². The van der Waals surface area contributed by atoms with Crippen molar-refractivity contribution in [2.24, 2.45) is 5.73 Å². The van der Waals surface area contributed by atoms with Crippen LogP contribution in [0.4, 0.5) is 4.79 Å². The second-order valence-electron chi connectivity index (χ2n) is 4.40. The quantitative estimate of drug-likeness (QED) is 0.876. The van der Waals surface area contributed by atoms with Gasteiger partial charge in [0.05, 0.1) is 23.0 Å². The van der Waals surface area contributed by atoms with Crippen molar-refractivity contribution in [3.63, 3.8) is 0 Å². The number of carbonyl (C=O) groups excluding carboxylic acids is 1. The normalized spacial score (nSPS) is 12.6. The topological polar surface area (TPSA) is 70.1 Å². The van der Waals surface area contributed by atoms with Gasteiger partial charge in [-0.25, -0.2) is 9.78 Å². The van der Waals surface area contributed by atoms with Crippen molar-refractivity contribution in [1.82, 2.24) is 9.55 Å². The van der Waals surface area contributed by atoms with Crippen molar-refractivity contribution in [3.8, 4) is 0 Å². The molecule has 0 aliphatic heterocycles. The summed E-state index contributed by atoms with van der Waals surface area (Å²) in [5, 5.41) is -0.221. The number of benzene rings is 1. The van der Waals surface area contributed by atoms with Crippen molar-refractivity contribution >= 4 is 28.7 Å². The number of hydrogen-bond acceptors (Lipinski definition) is 3. The molecule has 0 spiro atoms. The lowest BCUT2D eigenvalue weighted by Gasteiger charge is -2.10. The maximum Gasteiger partial charge on any atom is 0.404 e. The molecule has 1 atom stereocenters. The van der Waals surface area contributed by atoms with E-state index in [9.17, 15) is 4.79 Å². The maximum atomic E-state index is 10.6. The number of rotatable bonds is 4. The van der Waals surface area contributed by atoms with Gasteiger partial charge in [-0.05, 0) is 31.5 Å². The average Bonchev–Trinajstić information content (AvgIpc) is 2.67. The Kier molecular flexibility index (Phi) is 3.95. The van der Waals surface area contributed by atoms with Crippen LogP contribution >= 0.6 is 11.6 Å².